The van der Waals surface area contributed by atoms with E-state index in [1.54, 1.807) is 19.1 Å². The standard InChI is InChI=1S/C14H19BrN2O4/c1-9(14(18)19)4-3-5-10(2)16-12-8-11(15)6-7-13(12)17(20)21/h6-10,16H,3-5H2,1-2H3,(H,18,19). The van der Waals surface area contributed by atoms with Crippen LogP contribution in [0.25, 0.3) is 0 Å². The van der Waals surface area contributed by atoms with E-state index >= 15 is 0 Å². The lowest BCUT2D eigenvalue weighted by molar-refractivity contribution is -0.384. The highest BCUT2D eigenvalue weighted by Gasteiger charge is 2.16. The number of aliphatic carboxylic acids is 1. The molecule has 0 aliphatic rings. The van der Waals surface area contributed by atoms with Crippen LogP contribution in [0.3, 0.4) is 0 Å². The van der Waals surface area contributed by atoms with Crippen LogP contribution in [0.4, 0.5) is 11.4 Å². The summed E-state index contributed by atoms with van der Waals surface area (Å²) in [5, 5.41) is 22.9. The van der Waals surface area contributed by atoms with Gasteiger partial charge in [-0.05, 0) is 31.9 Å². The first-order chi connectivity index (χ1) is 9.81. The Balaban J connectivity index is 2.58. The molecule has 0 heterocycles. The molecule has 0 spiro atoms. The fourth-order valence-electron chi connectivity index (χ4n) is 1.97. The Labute approximate surface area is 131 Å². The Bertz CT molecular complexity index is 522. The van der Waals surface area contributed by atoms with Gasteiger partial charge < -0.3 is 10.4 Å². The van der Waals surface area contributed by atoms with Crippen molar-refractivity contribution in [2.45, 2.75) is 39.2 Å². The van der Waals surface area contributed by atoms with Gasteiger partial charge in [0.15, 0.2) is 0 Å². The maximum atomic E-state index is 11.0. The van der Waals surface area contributed by atoms with Crippen molar-refractivity contribution < 1.29 is 14.8 Å². The number of halogens is 1. The quantitative estimate of drug-likeness (QED) is 0.540. The van der Waals surface area contributed by atoms with Crippen molar-refractivity contribution in [3.05, 3.63) is 32.8 Å². The molecule has 2 N–H and O–H groups in total. The molecule has 0 radical (unpaired) electrons. The summed E-state index contributed by atoms with van der Waals surface area (Å²) >= 11 is 3.30. The zero-order valence-electron chi connectivity index (χ0n) is 12.0. The van der Waals surface area contributed by atoms with Crippen molar-refractivity contribution in [1.82, 2.24) is 0 Å². The second-order valence-electron chi connectivity index (χ2n) is 5.13. The lowest BCUT2D eigenvalue weighted by Gasteiger charge is -2.16. The SMILES string of the molecule is CC(CCCC(C)C(=O)O)Nc1cc(Br)ccc1[N+](=O)[O-]. The van der Waals surface area contributed by atoms with Crippen LogP contribution in [-0.2, 0) is 4.79 Å². The second-order valence-corrected chi connectivity index (χ2v) is 6.05. The van der Waals surface area contributed by atoms with Gasteiger partial charge in [0.25, 0.3) is 5.69 Å². The molecular weight excluding hydrogens is 340 g/mol. The molecule has 2 unspecified atom stereocenters. The monoisotopic (exact) mass is 358 g/mol. The third-order valence-corrected chi connectivity index (χ3v) is 3.75. The molecule has 2 atom stereocenters. The smallest absolute Gasteiger partial charge is 0.306 e. The van der Waals surface area contributed by atoms with Crippen LogP contribution in [0.1, 0.15) is 33.1 Å². The van der Waals surface area contributed by atoms with E-state index in [0.29, 0.717) is 12.1 Å². The van der Waals surface area contributed by atoms with Gasteiger partial charge >= 0.3 is 5.97 Å². The summed E-state index contributed by atoms with van der Waals surface area (Å²) in [5.74, 6) is -1.16. The minimum Gasteiger partial charge on any atom is -0.481 e. The highest BCUT2D eigenvalue weighted by Crippen LogP contribution is 2.29. The molecule has 21 heavy (non-hydrogen) atoms. The number of hydrogen-bond donors (Lipinski definition) is 2. The zero-order valence-corrected chi connectivity index (χ0v) is 13.6. The van der Waals surface area contributed by atoms with Crippen molar-refractivity contribution in [2.75, 3.05) is 5.32 Å². The average molecular weight is 359 g/mol. The molecule has 0 aromatic heterocycles. The number of rotatable bonds is 8. The van der Waals surface area contributed by atoms with Gasteiger partial charge in [-0.15, -0.1) is 0 Å². The van der Waals surface area contributed by atoms with Gasteiger partial charge in [0.2, 0.25) is 0 Å². The molecule has 0 aliphatic heterocycles. The number of anilines is 1. The number of nitrogens with one attached hydrogen (secondary N) is 1. The molecule has 0 fully saturated rings. The lowest BCUT2D eigenvalue weighted by atomic mass is 10.0. The summed E-state index contributed by atoms with van der Waals surface area (Å²) < 4.78 is 0.766. The van der Waals surface area contributed by atoms with E-state index in [0.717, 1.165) is 17.3 Å². The molecule has 0 saturated carbocycles. The Hall–Kier alpha value is -1.63. The molecule has 0 amide bonds. The molecule has 1 aromatic rings. The van der Waals surface area contributed by atoms with Crippen molar-refractivity contribution in [3.8, 4) is 0 Å². The lowest BCUT2D eigenvalue weighted by Crippen LogP contribution is -2.17. The van der Waals surface area contributed by atoms with E-state index in [4.69, 9.17) is 5.11 Å². The minimum absolute atomic E-state index is 0.0268. The van der Waals surface area contributed by atoms with Crippen molar-refractivity contribution in [2.24, 2.45) is 5.92 Å². The number of carbonyl (C=O) groups is 1. The normalized spacial score (nSPS) is 13.5. The third-order valence-electron chi connectivity index (χ3n) is 3.25. The second kappa shape index (κ2) is 7.97. The van der Waals surface area contributed by atoms with E-state index in [1.807, 2.05) is 6.92 Å². The number of nitrogens with zero attached hydrogens (tertiary/aromatic N) is 1. The number of carboxylic acids is 1. The average Bonchev–Trinajstić information content (AvgIpc) is 2.37. The molecule has 0 saturated heterocycles. The first kappa shape index (κ1) is 17.4. The summed E-state index contributed by atoms with van der Waals surface area (Å²) in [7, 11) is 0. The number of carboxylic acid groups (broad SMARTS) is 1. The van der Waals surface area contributed by atoms with Crippen LogP contribution in [0.15, 0.2) is 22.7 Å². The van der Waals surface area contributed by atoms with Gasteiger partial charge in [-0.1, -0.05) is 29.3 Å². The number of nitro groups is 1. The first-order valence-electron chi connectivity index (χ1n) is 6.74. The van der Waals surface area contributed by atoms with Crippen LogP contribution in [-0.4, -0.2) is 22.0 Å². The topological polar surface area (TPSA) is 92.5 Å². The highest BCUT2D eigenvalue weighted by molar-refractivity contribution is 9.10. The van der Waals surface area contributed by atoms with Crippen molar-refractivity contribution in [3.63, 3.8) is 0 Å². The minimum atomic E-state index is -0.793. The Morgan fingerprint density at radius 1 is 1.43 bits per heavy atom. The summed E-state index contributed by atoms with van der Waals surface area (Å²) in [6, 6.07) is 4.78. The van der Waals surface area contributed by atoms with E-state index < -0.39 is 10.9 Å². The van der Waals surface area contributed by atoms with Gasteiger partial charge in [-0.3, -0.25) is 14.9 Å². The molecule has 0 aliphatic carbocycles. The van der Waals surface area contributed by atoms with E-state index in [9.17, 15) is 14.9 Å². The van der Waals surface area contributed by atoms with Crippen LogP contribution in [0, 0.1) is 16.0 Å². The predicted molar refractivity (Wildman–Crippen MR) is 84.5 cm³/mol. The van der Waals surface area contributed by atoms with Crippen LogP contribution < -0.4 is 5.32 Å². The first-order valence-corrected chi connectivity index (χ1v) is 7.54. The molecule has 1 rings (SSSR count). The molecule has 6 nitrogen and oxygen atoms in total. The van der Waals surface area contributed by atoms with Gasteiger partial charge in [0, 0.05) is 16.6 Å². The van der Waals surface area contributed by atoms with Crippen molar-refractivity contribution in [1.29, 1.82) is 0 Å². The maximum Gasteiger partial charge on any atom is 0.306 e. The van der Waals surface area contributed by atoms with Gasteiger partial charge in [-0.2, -0.15) is 0 Å². The predicted octanol–water partition coefficient (Wildman–Crippen LogP) is 4.05. The molecule has 7 heteroatoms. The third kappa shape index (κ3) is 5.71. The van der Waals surface area contributed by atoms with Gasteiger partial charge in [0.1, 0.15) is 5.69 Å². The van der Waals surface area contributed by atoms with Gasteiger partial charge in [-0.25, -0.2) is 0 Å². The Kier molecular flexibility index (Phi) is 6.61. The van der Waals surface area contributed by atoms with E-state index in [-0.39, 0.29) is 17.6 Å². The summed E-state index contributed by atoms with van der Waals surface area (Å²) in [6.45, 7) is 3.61. The van der Waals surface area contributed by atoms with Crippen LogP contribution in [0.5, 0.6) is 0 Å². The summed E-state index contributed by atoms with van der Waals surface area (Å²) in [6.07, 6.45) is 2.10. The summed E-state index contributed by atoms with van der Waals surface area (Å²) in [4.78, 5) is 21.3. The Morgan fingerprint density at radius 2 is 2.10 bits per heavy atom. The number of hydrogen-bond acceptors (Lipinski definition) is 4. The number of benzene rings is 1. The van der Waals surface area contributed by atoms with Gasteiger partial charge in [0.05, 0.1) is 10.8 Å². The largest absolute Gasteiger partial charge is 0.481 e. The number of nitro benzene ring substituents is 1. The van der Waals surface area contributed by atoms with Crippen molar-refractivity contribution >= 4 is 33.3 Å². The molecular formula is C14H19BrN2O4. The summed E-state index contributed by atoms with van der Waals surface area (Å²) in [5.41, 5.74) is 0.497. The van der Waals surface area contributed by atoms with Crippen LogP contribution in [0.2, 0.25) is 0 Å². The molecule has 0 bridgehead atoms. The van der Waals surface area contributed by atoms with E-state index in [2.05, 4.69) is 21.2 Å². The Morgan fingerprint density at radius 3 is 2.67 bits per heavy atom. The van der Waals surface area contributed by atoms with Crippen LogP contribution >= 0.6 is 15.9 Å². The molecule has 1 aromatic carbocycles. The fraction of sp³-hybridized carbons (Fsp3) is 0.500. The fourth-order valence-corrected chi connectivity index (χ4v) is 2.34. The van der Waals surface area contributed by atoms with E-state index in [1.165, 1.54) is 6.07 Å². The molecule has 116 valence electrons. The zero-order chi connectivity index (χ0) is 16.0. The maximum absolute atomic E-state index is 11.0. The highest BCUT2D eigenvalue weighted by atomic mass is 79.9.